The molecule has 0 radical (unpaired) electrons. The van der Waals surface area contributed by atoms with Crippen LogP contribution in [0, 0.1) is 6.92 Å². The van der Waals surface area contributed by atoms with Crippen molar-refractivity contribution in [3.05, 3.63) is 58.0 Å². The van der Waals surface area contributed by atoms with Crippen LogP contribution in [0.4, 0.5) is 5.13 Å². The zero-order valence-corrected chi connectivity index (χ0v) is 13.7. The summed E-state index contributed by atoms with van der Waals surface area (Å²) in [5, 5.41) is 8.13. The van der Waals surface area contributed by atoms with Crippen molar-refractivity contribution < 1.29 is 4.74 Å². The van der Waals surface area contributed by atoms with E-state index in [4.69, 9.17) is 4.74 Å². The molecule has 6 nitrogen and oxygen atoms in total. The van der Waals surface area contributed by atoms with Crippen LogP contribution in [-0.4, -0.2) is 27.7 Å². The zero-order valence-electron chi connectivity index (χ0n) is 12.9. The summed E-state index contributed by atoms with van der Waals surface area (Å²) in [6, 6.07) is 11.6. The Balaban J connectivity index is 1.44. The van der Waals surface area contributed by atoms with Crippen LogP contribution in [0.3, 0.4) is 0 Å². The van der Waals surface area contributed by atoms with Crippen molar-refractivity contribution >= 4 is 21.4 Å². The summed E-state index contributed by atoms with van der Waals surface area (Å²) in [6.07, 6.45) is 0.865. The number of aryl methyl sites for hydroxylation is 1. The SMILES string of the molecule is Cc1cc(=O)n2nc(NCCCOCc3ccccc3)sc2n1. The Labute approximate surface area is 137 Å². The topological polar surface area (TPSA) is 68.5 Å². The largest absolute Gasteiger partial charge is 0.377 e. The second kappa shape index (κ2) is 7.34. The van der Waals surface area contributed by atoms with Gasteiger partial charge in [-0.2, -0.15) is 4.52 Å². The molecule has 0 saturated heterocycles. The fourth-order valence-electron chi connectivity index (χ4n) is 2.13. The minimum atomic E-state index is -0.150. The third-order valence-electron chi connectivity index (χ3n) is 3.23. The Hall–Kier alpha value is -2.25. The molecule has 0 aliphatic carbocycles. The maximum absolute atomic E-state index is 11.8. The summed E-state index contributed by atoms with van der Waals surface area (Å²) in [7, 11) is 0. The van der Waals surface area contributed by atoms with E-state index in [2.05, 4.69) is 15.4 Å². The molecule has 23 heavy (non-hydrogen) atoms. The predicted molar refractivity (Wildman–Crippen MR) is 91.1 cm³/mol. The van der Waals surface area contributed by atoms with Gasteiger partial charge < -0.3 is 10.1 Å². The maximum Gasteiger partial charge on any atom is 0.275 e. The number of nitrogens with one attached hydrogen (secondary N) is 1. The van der Waals surface area contributed by atoms with E-state index in [9.17, 15) is 4.79 Å². The molecule has 2 aromatic heterocycles. The van der Waals surface area contributed by atoms with Gasteiger partial charge in [-0.15, -0.1) is 5.10 Å². The number of ether oxygens (including phenoxy) is 1. The number of anilines is 1. The first kappa shape index (κ1) is 15.6. The van der Waals surface area contributed by atoms with Gasteiger partial charge in [-0.05, 0) is 18.9 Å². The Morgan fingerprint density at radius 3 is 2.96 bits per heavy atom. The van der Waals surface area contributed by atoms with Gasteiger partial charge in [0, 0.05) is 24.9 Å². The number of fused-ring (bicyclic) bond motifs is 1. The second-order valence-electron chi connectivity index (χ2n) is 5.16. The fraction of sp³-hybridized carbons (Fsp3) is 0.312. The number of hydrogen-bond acceptors (Lipinski definition) is 6. The van der Waals surface area contributed by atoms with Gasteiger partial charge in [0.1, 0.15) is 0 Å². The molecule has 0 unspecified atom stereocenters. The first-order valence-corrected chi connectivity index (χ1v) is 8.27. The van der Waals surface area contributed by atoms with Gasteiger partial charge in [0.05, 0.1) is 6.61 Å². The molecule has 0 fully saturated rings. The van der Waals surface area contributed by atoms with Gasteiger partial charge in [-0.1, -0.05) is 41.7 Å². The standard InChI is InChI=1S/C16H18N4O2S/c1-12-10-14(21)20-16(18-12)23-15(19-20)17-8-5-9-22-11-13-6-3-2-4-7-13/h2-4,6-7,10H,5,8-9,11H2,1H3,(H,17,19). The lowest BCUT2D eigenvalue weighted by molar-refractivity contribution is 0.120. The lowest BCUT2D eigenvalue weighted by Crippen LogP contribution is -2.14. The number of rotatable bonds is 7. The van der Waals surface area contributed by atoms with E-state index in [0.717, 1.165) is 13.0 Å². The highest BCUT2D eigenvalue weighted by atomic mass is 32.1. The van der Waals surface area contributed by atoms with E-state index in [1.807, 2.05) is 30.3 Å². The first-order valence-electron chi connectivity index (χ1n) is 7.45. The molecule has 120 valence electrons. The van der Waals surface area contributed by atoms with Gasteiger partial charge in [0.15, 0.2) is 0 Å². The molecule has 1 N–H and O–H groups in total. The van der Waals surface area contributed by atoms with Crippen LogP contribution in [0.2, 0.25) is 0 Å². The minimum Gasteiger partial charge on any atom is -0.377 e. The van der Waals surface area contributed by atoms with E-state index in [0.29, 0.717) is 29.0 Å². The average molecular weight is 330 g/mol. The highest BCUT2D eigenvalue weighted by molar-refractivity contribution is 7.20. The summed E-state index contributed by atoms with van der Waals surface area (Å²) in [5.41, 5.74) is 1.73. The van der Waals surface area contributed by atoms with Crippen molar-refractivity contribution in [3.63, 3.8) is 0 Å². The average Bonchev–Trinajstić information content (AvgIpc) is 2.95. The molecule has 3 aromatic rings. The smallest absolute Gasteiger partial charge is 0.275 e. The Morgan fingerprint density at radius 1 is 1.30 bits per heavy atom. The summed E-state index contributed by atoms with van der Waals surface area (Å²) in [5.74, 6) is 0. The summed E-state index contributed by atoms with van der Waals surface area (Å²) >= 11 is 1.38. The quantitative estimate of drug-likeness (QED) is 0.674. The first-order chi connectivity index (χ1) is 11.2. The van der Waals surface area contributed by atoms with Crippen LogP contribution in [0.15, 0.2) is 41.2 Å². The predicted octanol–water partition coefficient (Wildman–Crippen LogP) is 2.48. The van der Waals surface area contributed by atoms with E-state index in [1.165, 1.54) is 27.5 Å². The fourth-order valence-corrected chi connectivity index (χ4v) is 3.00. The third-order valence-corrected chi connectivity index (χ3v) is 4.09. The van der Waals surface area contributed by atoms with Crippen molar-refractivity contribution in [2.75, 3.05) is 18.5 Å². The lowest BCUT2D eigenvalue weighted by Gasteiger charge is -2.04. The normalized spacial score (nSPS) is 11.0. The molecule has 0 atom stereocenters. The molecule has 0 bridgehead atoms. The van der Waals surface area contributed by atoms with Crippen molar-refractivity contribution in [1.29, 1.82) is 0 Å². The monoisotopic (exact) mass is 330 g/mol. The number of benzene rings is 1. The van der Waals surface area contributed by atoms with Crippen LogP contribution >= 0.6 is 11.3 Å². The molecule has 3 rings (SSSR count). The molecular formula is C16H18N4O2S. The molecule has 0 amide bonds. The molecule has 0 spiro atoms. The van der Waals surface area contributed by atoms with Crippen molar-refractivity contribution in [1.82, 2.24) is 14.6 Å². The van der Waals surface area contributed by atoms with Crippen LogP contribution in [0.25, 0.3) is 4.96 Å². The molecule has 1 aromatic carbocycles. The number of hydrogen-bond donors (Lipinski definition) is 1. The van der Waals surface area contributed by atoms with Crippen LogP contribution in [0.5, 0.6) is 0 Å². The highest BCUT2D eigenvalue weighted by Gasteiger charge is 2.06. The Kier molecular flexibility index (Phi) is 4.99. The molecular weight excluding hydrogens is 312 g/mol. The highest BCUT2D eigenvalue weighted by Crippen LogP contribution is 2.16. The second-order valence-corrected chi connectivity index (χ2v) is 6.11. The van der Waals surface area contributed by atoms with Gasteiger partial charge in [0.25, 0.3) is 5.56 Å². The van der Waals surface area contributed by atoms with Gasteiger partial charge in [-0.25, -0.2) is 4.98 Å². The molecule has 0 saturated carbocycles. The van der Waals surface area contributed by atoms with E-state index in [-0.39, 0.29) is 5.56 Å². The molecule has 7 heteroatoms. The number of nitrogens with zero attached hydrogens (tertiary/aromatic N) is 3. The minimum absolute atomic E-state index is 0.150. The van der Waals surface area contributed by atoms with Crippen LogP contribution in [0.1, 0.15) is 17.7 Å². The zero-order chi connectivity index (χ0) is 16.1. The molecule has 0 aliphatic heterocycles. The van der Waals surface area contributed by atoms with Crippen molar-refractivity contribution in [2.45, 2.75) is 20.0 Å². The Bertz CT molecular complexity index is 829. The van der Waals surface area contributed by atoms with E-state index >= 15 is 0 Å². The van der Waals surface area contributed by atoms with Crippen LogP contribution < -0.4 is 10.9 Å². The third kappa shape index (κ3) is 4.14. The van der Waals surface area contributed by atoms with Gasteiger partial charge in [0.2, 0.25) is 10.1 Å². The van der Waals surface area contributed by atoms with Crippen molar-refractivity contribution in [2.24, 2.45) is 0 Å². The molecule has 2 heterocycles. The maximum atomic E-state index is 11.8. The van der Waals surface area contributed by atoms with Gasteiger partial charge in [-0.3, -0.25) is 4.79 Å². The van der Waals surface area contributed by atoms with E-state index in [1.54, 1.807) is 6.92 Å². The van der Waals surface area contributed by atoms with Crippen molar-refractivity contribution in [3.8, 4) is 0 Å². The summed E-state index contributed by atoms with van der Waals surface area (Å²) in [6.45, 7) is 3.84. The van der Waals surface area contributed by atoms with E-state index < -0.39 is 0 Å². The lowest BCUT2D eigenvalue weighted by atomic mass is 10.2. The molecule has 0 aliphatic rings. The summed E-state index contributed by atoms with van der Waals surface area (Å²) in [4.78, 5) is 16.7. The summed E-state index contributed by atoms with van der Waals surface area (Å²) < 4.78 is 6.95. The Morgan fingerprint density at radius 2 is 2.13 bits per heavy atom. The number of aromatic nitrogens is 3. The van der Waals surface area contributed by atoms with Crippen LogP contribution in [-0.2, 0) is 11.3 Å². The van der Waals surface area contributed by atoms with Gasteiger partial charge >= 0.3 is 0 Å².